The first-order valence-electron chi connectivity index (χ1n) is 20.0. The molecular weight excluding hydrogens is 764 g/mol. The van der Waals surface area contributed by atoms with Crippen LogP contribution in [-0.2, 0) is 76.1 Å². The topological polar surface area (TPSA) is 211 Å². The molecule has 3 spiro atoms. The number of epoxide rings is 1. The Bertz CT molecular complexity index is 2020. The molecule has 1 aromatic heterocycles. The summed E-state index contributed by atoms with van der Waals surface area (Å²) in [4.78, 5) is 83.1. The molecule has 8 fully saturated rings. The molecule has 0 unspecified atom stereocenters. The van der Waals surface area contributed by atoms with Crippen molar-refractivity contribution in [2.75, 3.05) is 13.7 Å². The van der Waals surface area contributed by atoms with Gasteiger partial charge in [0.15, 0.2) is 17.8 Å². The van der Waals surface area contributed by atoms with E-state index in [1.54, 1.807) is 33.8 Å². The van der Waals surface area contributed by atoms with Crippen molar-refractivity contribution in [2.45, 2.75) is 152 Å². The fraction of sp³-hybridized carbons (Fsp3) is 0.756. The Morgan fingerprint density at radius 1 is 0.931 bits per heavy atom. The molecular formula is C41H50O17. The van der Waals surface area contributed by atoms with E-state index in [1.807, 2.05) is 13.8 Å². The van der Waals surface area contributed by atoms with Gasteiger partial charge in [0.05, 0.1) is 37.6 Å². The maximum absolute atomic E-state index is 14.4. The average molecular weight is 815 g/mol. The minimum Gasteiger partial charge on any atom is -0.472 e. The van der Waals surface area contributed by atoms with Crippen LogP contribution in [0, 0.1) is 28.1 Å². The number of hydrogen-bond acceptors (Lipinski definition) is 17. The normalized spacial score (nSPS) is 48.8. The molecule has 0 amide bonds. The molecule has 4 saturated carbocycles. The number of cyclic esters (lactones) is 1. The van der Waals surface area contributed by atoms with Gasteiger partial charge in [0.25, 0.3) is 5.97 Å². The van der Waals surface area contributed by atoms with Gasteiger partial charge in [0.2, 0.25) is 5.60 Å². The van der Waals surface area contributed by atoms with Crippen LogP contribution in [0.1, 0.15) is 106 Å². The fourth-order valence-electron chi connectivity index (χ4n) is 13.7. The van der Waals surface area contributed by atoms with Gasteiger partial charge in [-0.3, -0.25) is 24.0 Å². The van der Waals surface area contributed by atoms with Gasteiger partial charge in [-0.25, -0.2) is 4.79 Å². The van der Waals surface area contributed by atoms with Crippen LogP contribution in [0.25, 0.3) is 0 Å². The molecule has 4 aliphatic carbocycles. The van der Waals surface area contributed by atoms with E-state index >= 15 is 0 Å². The summed E-state index contributed by atoms with van der Waals surface area (Å²) in [5.41, 5.74) is -12.5. The Hall–Kier alpha value is -4.06. The Morgan fingerprint density at radius 2 is 1.64 bits per heavy atom. The van der Waals surface area contributed by atoms with E-state index in [-0.39, 0.29) is 38.7 Å². The maximum atomic E-state index is 14.4. The molecule has 4 saturated heterocycles. The van der Waals surface area contributed by atoms with E-state index in [9.17, 15) is 28.8 Å². The zero-order valence-electron chi connectivity index (χ0n) is 34.1. The predicted octanol–water partition coefficient (Wildman–Crippen LogP) is 3.53. The summed E-state index contributed by atoms with van der Waals surface area (Å²) in [5, 5.41) is 0. The number of hydrogen-bond donors (Lipinski definition) is 0. The van der Waals surface area contributed by atoms with Crippen LogP contribution in [-0.4, -0.2) is 102 Å². The Labute approximate surface area is 334 Å². The number of methoxy groups -OCH3 is 1. The lowest BCUT2D eigenvalue weighted by Crippen LogP contribution is -2.95. The molecule has 0 aromatic carbocycles. The fourth-order valence-corrected chi connectivity index (χ4v) is 13.7. The summed E-state index contributed by atoms with van der Waals surface area (Å²) in [6.45, 7) is 12.3. The monoisotopic (exact) mass is 814 g/mol. The average Bonchev–Trinajstić information content (AvgIpc) is 3.49. The minimum absolute atomic E-state index is 0.0317. The summed E-state index contributed by atoms with van der Waals surface area (Å²) in [7, 11) is 1.23. The van der Waals surface area contributed by atoms with Crippen LogP contribution in [0.15, 0.2) is 23.0 Å². The van der Waals surface area contributed by atoms with Crippen LogP contribution >= 0.6 is 0 Å². The second kappa shape index (κ2) is 11.8. The molecule has 316 valence electrons. The maximum Gasteiger partial charge on any atom is 0.341 e. The van der Waals surface area contributed by atoms with Gasteiger partial charge in [0, 0.05) is 55.9 Å². The summed E-state index contributed by atoms with van der Waals surface area (Å²) < 4.78 is 70.6. The zero-order valence-corrected chi connectivity index (χ0v) is 34.1. The van der Waals surface area contributed by atoms with Gasteiger partial charge in [-0.1, -0.05) is 20.8 Å². The molecule has 58 heavy (non-hydrogen) atoms. The third-order valence-corrected chi connectivity index (χ3v) is 15.7. The molecule has 8 aliphatic rings. The second-order valence-electron chi connectivity index (χ2n) is 18.3. The van der Waals surface area contributed by atoms with Crippen molar-refractivity contribution in [1.29, 1.82) is 0 Å². The van der Waals surface area contributed by atoms with E-state index in [2.05, 4.69) is 0 Å². The summed E-state index contributed by atoms with van der Waals surface area (Å²) in [5.74, 6) is -8.08. The largest absolute Gasteiger partial charge is 0.472 e. The summed E-state index contributed by atoms with van der Waals surface area (Å²) in [6.07, 6.45) is -2.34. The van der Waals surface area contributed by atoms with Crippen molar-refractivity contribution < 1.29 is 80.6 Å². The third-order valence-electron chi connectivity index (χ3n) is 15.7. The smallest absolute Gasteiger partial charge is 0.341 e. The lowest BCUT2D eigenvalue weighted by molar-refractivity contribution is -0.485. The van der Waals surface area contributed by atoms with E-state index in [1.165, 1.54) is 33.5 Å². The highest BCUT2D eigenvalue weighted by Gasteiger charge is 3.06. The molecule has 4 aliphatic heterocycles. The molecule has 0 radical (unpaired) electrons. The van der Waals surface area contributed by atoms with Gasteiger partial charge >= 0.3 is 35.8 Å². The molecule has 4 bridgehead atoms. The highest BCUT2D eigenvalue weighted by atomic mass is 16.9. The van der Waals surface area contributed by atoms with Gasteiger partial charge in [-0.05, 0) is 45.1 Å². The minimum atomic E-state index is -2.23. The molecule has 1 aromatic rings. The Balaban J connectivity index is 1.40. The standard InChI is InChI=1S/C41H50O17/c1-10-26(44)52-31-40-25(16-27(45)48-9)33(5,29(51-21(3)42)23-11-14-49-17-23)12-13-38(40)37-19-50-28(46)15-24(37)34(6)18-39(37,57-36(8,56-38)58-40)41(31,55-22(4)43)30(34)53-32(47)35(7)20(2)54-35/h11,14,17,20,24-25,29-31H,10,12-13,15-16,18-19H2,1-9H3/t20-,24-,25+,29-,30-,31-,33+,34+,35+,36+,37-,38-,39+,40+,41-/m0/s1. The zero-order chi connectivity index (χ0) is 41.9. The van der Waals surface area contributed by atoms with Gasteiger partial charge in [0.1, 0.15) is 29.5 Å². The number of carbonyl (C=O) groups is 6. The van der Waals surface area contributed by atoms with Crippen LogP contribution < -0.4 is 0 Å². The van der Waals surface area contributed by atoms with E-state index in [0.29, 0.717) is 5.56 Å². The molecule has 17 heteroatoms. The number of fused-ring (bicyclic) bond motifs is 3. The molecule has 0 N–H and O–H groups in total. The van der Waals surface area contributed by atoms with Gasteiger partial charge in [-0.15, -0.1) is 0 Å². The molecule has 5 heterocycles. The van der Waals surface area contributed by atoms with E-state index < -0.39 is 129 Å². The molecule has 17 nitrogen and oxygen atoms in total. The van der Waals surface area contributed by atoms with E-state index in [0.717, 1.165) is 0 Å². The van der Waals surface area contributed by atoms with Crippen molar-refractivity contribution in [3.05, 3.63) is 24.2 Å². The van der Waals surface area contributed by atoms with Crippen LogP contribution in [0.5, 0.6) is 0 Å². The number of furan rings is 1. The molecule has 9 rings (SSSR count). The number of esters is 6. The highest BCUT2D eigenvalue weighted by molar-refractivity contribution is 5.84. The van der Waals surface area contributed by atoms with Crippen LogP contribution in [0.4, 0.5) is 0 Å². The summed E-state index contributed by atoms with van der Waals surface area (Å²) in [6, 6.07) is 1.65. The molecule has 15 atom stereocenters. The first kappa shape index (κ1) is 39.4. The Morgan fingerprint density at radius 3 is 2.24 bits per heavy atom. The van der Waals surface area contributed by atoms with Crippen molar-refractivity contribution in [1.82, 2.24) is 0 Å². The first-order valence-corrected chi connectivity index (χ1v) is 20.0. The second-order valence-corrected chi connectivity index (χ2v) is 18.3. The Kier molecular flexibility index (Phi) is 8.03. The summed E-state index contributed by atoms with van der Waals surface area (Å²) >= 11 is 0. The number of rotatable bonds is 10. The predicted molar refractivity (Wildman–Crippen MR) is 188 cm³/mol. The SMILES string of the molecule is CCC(=O)O[C@@H]1[C@@]2(OC(C)=O)[C@@H](OC(=O)[C@]3(C)O[C@H]3C)[C@]3(C)C[C@]24O[C@]2(C)O[C@]15[C@H](CC(=O)OC)[C@](C)([C@@H](OC(C)=O)c1ccoc1)CC[C@]5(O2)[C@@]41COC(=O)C[C@@H]31. The quantitative estimate of drug-likeness (QED) is 0.188. The number of ether oxygens (including phenoxy) is 10. The van der Waals surface area contributed by atoms with Gasteiger partial charge in [-0.2, -0.15) is 0 Å². The van der Waals surface area contributed by atoms with Crippen LogP contribution in [0.3, 0.4) is 0 Å². The van der Waals surface area contributed by atoms with E-state index in [4.69, 9.17) is 51.8 Å². The van der Waals surface area contributed by atoms with Crippen molar-refractivity contribution in [2.24, 2.45) is 28.1 Å². The van der Waals surface area contributed by atoms with Crippen molar-refractivity contribution >= 4 is 35.8 Å². The lowest BCUT2D eigenvalue weighted by Gasteiger charge is -2.77. The highest BCUT2D eigenvalue weighted by Crippen LogP contribution is 2.90. The first-order chi connectivity index (χ1) is 27.2. The van der Waals surface area contributed by atoms with Crippen molar-refractivity contribution in [3.8, 4) is 0 Å². The van der Waals surface area contributed by atoms with Crippen molar-refractivity contribution in [3.63, 3.8) is 0 Å². The number of carbonyl (C=O) groups excluding carboxylic acids is 6. The lowest BCUT2D eigenvalue weighted by atomic mass is 9.33. The van der Waals surface area contributed by atoms with Crippen LogP contribution in [0.2, 0.25) is 0 Å². The third kappa shape index (κ3) is 4.26. The van der Waals surface area contributed by atoms with Gasteiger partial charge < -0.3 is 51.8 Å².